The molecule has 1 heteroatoms. The van der Waals surface area contributed by atoms with Gasteiger partial charge in [0.2, 0.25) is 0 Å². The minimum Gasteiger partial charge on any atom is -0.256 e. The van der Waals surface area contributed by atoms with Crippen LogP contribution in [0.25, 0.3) is 33.2 Å². The molecule has 0 aliphatic carbocycles. The average molecular weight is 281 g/mol. The Morgan fingerprint density at radius 3 is 1.95 bits per heavy atom. The summed E-state index contributed by atoms with van der Waals surface area (Å²) < 4.78 is 0. The zero-order chi connectivity index (χ0) is 14.8. The minimum absolute atomic E-state index is 1.05. The summed E-state index contributed by atoms with van der Waals surface area (Å²) in [5, 5.41) is 1.17. The number of aromatic nitrogens is 1. The van der Waals surface area contributed by atoms with Gasteiger partial charge in [0.1, 0.15) is 0 Å². The highest BCUT2D eigenvalue weighted by Crippen LogP contribution is 2.36. The molecule has 0 aliphatic heterocycles. The average Bonchev–Trinajstić information content (AvgIpc) is 2.62. The normalized spacial score (nSPS) is 10.7. The lowest BCUT2D eigenvalue weighted by Crippen LogP contribution is -1.89. The van der Waals surface area contributed by atoms with Crippen LogP contribution >= 0.6 is 0 Å². The van der Waals surface area contributed by atoms with Crippen molar-refractivity contribution in [3.63, 3.8) is 0 Å². The topological polar surface area (TPSA) is 12.9 Å². The highest BCUT2D eigenvalue weighted by Gasteiger charge is 2.12. The van der Waals surface area contributed by atoms with Crippen molar-refractivity contribution in [1.29, 1.82) is 0 Å². The summed E-state index contributed by atoms with van der Waals surface area (Å²) in [6.07, 6.45) is 1.86. The maximum absolute atomic E-state index is 4.64. The maximum Gasteiger partial charge on any atom is 0.0786 e. The quantitative estimate of drug-likeness (QED) is 0.468. The van der Waals surface area contributed by atoms with Gasteiger partial charge in [-0.25, -0.2) is 0 Å². The first-order chi connectivity index (χ1) is 10.9. The van der Waals surface area contributed by atoms with Gasteiger partial charge in [0.05, 0.1) is 5.52 Å². The molecule has 0 aliphatic rings. The third-order valence-corrected chi connectivity index (χ3v) is 3.92. The van der Waals surface area contributed by atoms with Crippen molar-refractivity contribution in [1.82, 2.24) is 4.98 Å². The van der Waals surface area contributed by atoms with E-state index in [9.17, 15) is 0 Å². The minimum atomic E-state index is 1.05. The summed E-state index contributed by atoms with van der Waals surface area (Å²) in [6, 6.07) is 29.4. The van der Waals surface area contributed by atoms with Crippen LogP contribution in [0.15, 0.2) is 91.1 Å². The molecule has 4 rings (SSSR count). The summed E-state index contributed by atoms with van der Waals surface area (Å²) >= 11 is 0. The van der Waals surface area contributed by atoms with Gasteiger partial charge in [-0.3, -0.25) is 4.98 Å². The van der Waals surface area contributed by atoms with Crippen molar-refractivity contribution >= 4 is 10.9 Å². The van der Waals surface area contributed by atoms with E-state index in [4.69, 9.17) is 0 Å². The van der Waals surface area contributed by atoms with Crippen molar-refractivity contribution in [3.05, 3.63) is 91.1 Å². The molecule has 0 amide bonds. The van der Waals surface area contributed by atoms with Gasteiger partial charge in [0, 0.05) is 17.1 Å². The number of pyridine rings is 1. The fourth-order valence-corrected chi connectivity index (χ4v) is 2.90. The van der Waals surface area contributed by atoms with E-state index in [1.807, 2.05) is 24.4 Å². The summed E-state index contributed by atoms with van der Waals surface area (Å²) in [5.74, 6) is 0. The number of hydrogen-bond donors (Lipinski definition) is 0. The Morgan fingerprint density at radius 1 is 0.545 bits per heavy atom. The first-order valence-corrected chi connectivity index (χ1v) is 7.42. The van der Waals surface area contributed by atoms with Crippen LogP contribution in [0.4, 0.5) is 0 Å². The monoisotopic (exact) mass is 281 g/mol. The van der Waals surface area contributed by atoms with E-state index in [1.165, 1.54) is 27.6 Å². The number of nitrogens with zero attached hydrogens (tertiary/aromatic N) is 1. The van der Waals surface area contributed by atoms with Crippen molar-refractivity contribution in [2.45, 2.75) is 0 Å². The van der Waals surface area contributed by atoms with Gasteiger partial charge in [-0.2, -0.15) is 0 Å². The molecule has 0 N–H and O–H groups in total. The molecule has 3 aromatic carbocycles. The first kappa shape index (κ1) is 12.8. The molecule has 104 valence electrons. The smallest absolute Gasteiger partial charge is 0.0786 e. The zero-order valence-electron chi connectivity index (χ0n) is 12.1. The Labute approximate surface area is 129 Å². The number of hydrogen-bond acceptors (Lipinski definition) is 1. The van der Waals surface area contributed by atoms with Crippen LogP contribution in [0.2, 0.25) is 0 Å². The second-order valence-electron chi connectivity index (χ2n) is 5.30. The van der Waals surface area contributed by atoms with Crippen LogP contribution in [-0.4, -0.2) is 4.98 Å². The predicted molar refractivity (Wildman–Crippen MR) is 92.6 cm³/mol. The van der Waals surface area contributed by atoms with E-state index in [2.05, 4.69) is 71.7 Å². The van der Waals surface area contributed by atoms with Crippen LogP contribution < -0.4 is 0 Å². The molecule has 1 nitrogen and oxygen atoms in total. The third kappa shape index (κ3) is 2.17. The van der Waals surface area contributed by atoms with Crippen LogP contribution in [-0.2, 0) is 0 Å². The SMILES string of the molecule is c1ccc(-c2ccc3cccnc3c2-c2ccccc2)cc1. The van der Waals surface area contributed by atoms with Gasteiger partial charge < -0.3 is 0 Å². The van der Waals surface area contributed by atoms with E-state index in [0.717, 1.165) is 5.52 Å². The van der Waals surface area contributed by atoms with Crippen molar-refractivity contribution in [2.75, 3.05) is 0 Å². The molecule has 22 heavy (non-hydrogen) atoms. The molecule has 0 unspecified atom stereocenters. The Hall–Kier alpha value is -2.93. The molecule has 0 radical (unpaired) electrons. The largest absolute Gasteiger partial charge is 0.256 e. The van der Waals surface area contributed by atoms with Gasteiger partial charge in [0.15, 0.2) is 0 Å². The molecular weight excluding hydrogens is 266 g/mol. The van der Waals surface area contributed by atoms with Crippen LogP contribution in [0, 0.1) is 0 Å². The molecule has 0 spiro atoms. The highest BCUT2D eigenvalue weighted by atomic mass is 14.7. The summed E-state index contributed by atoms with van der Waals surface area (Å²) in [6.45, 7) is 0. The number of rotatable bonds is 2. The first-order valence-electron chi connectivity index (χ1n) is 7.42. The molecule has 0 saturated heterocycles. The summed E-state index contributed by atoms with van der Waals surface area (Å²) in [5.41, 5.74) is 5.89. The Kier molecular flexibility index (Phi) is 3.17. The van der Waals surface area contributed by atoms with Gasteiger partial charge in [-0.1, -0.05) is 78.9 Å². The Bertz CT molecular complexity index is 912. The Balaban J connectivity index is 2.09. The predicted octanol–water partition coefficient (Wildman–Crippen LogP) is 5.57. The van der Waals surface area contributed by atoms with E-state index >= 15 is 0 Å². The van der Waals surface area contributed by atoms with E-state index < -0.39 is 0 Å². The van der Waals surface area contributed by atoms with Crippen LogP contribution in [0.3, 0.4) is 0 Å². The number of fused-ring (bicyclic) bond motifs is 1. The molecule has 1 aromatic heterocycles. The second-order valence-corrected chi connectivity index (χ2v) is 5.30. The molecule has 1 heterocycles. The van der Waals surface area contributed by atoms with Crippen molar-refractivity contribution in [3.8, 4) is 22.3 Å². The molecule has 4 aromatic rings. The molecule has 0 saturated carbocycles. The lowest BCUT2D eigenvalue weighted by molar-refractivity contribution is 1.41. The lowest BCUT2D eigenvalue weighted by Gasteiger charge is -2.13. The van der Waals surface area contributed by atoms with Gasteiger partial charge >= 0.3 is 0 Å². The van der Waals surface area contributed by atoms with Gasteiger partial charge in [-0.15, -0.1) is 0 Å². The maximum atomic E-state index is 4.64. The van der Waals surface area contributed by atoms with Crippen molar-refractivity contribution < 1.29 is 0 Å². The standard InChI is InChI=1S/C21H15N/c1-3-8-16(9-4-1)19-14-13-18-12-7-15-22-21(18)20(19)17-10-5-2-6-11-17/h1-15H. The van der Waals surface area contributed by atoms with E-state index in [-0.39, 0.29) is 0 Å². The molecule has 0 atom stereocenters. The number of benzene rings is 3. The Morgan fingerprint density at radius 2 is 1.23 bits per heavy atom. The van der Waals surface area contributed by atoms with E-state index in [1.54, 1.807) is 0 Å². The third-order valence-electron chi connectivity index (χ3n) is 3.92. The van der Waals surface area contributed by atoms with E-state index in [0.29, 0.717) is 0 Å². The van der Waals surface area contributed by atoms with Crippen LogP contribution in [0.1, 0.15) is 0 Å². The zero-order valence-corrected chi connectivity index (χ0v) is 12.1. The fraction of sp³-hybridized carbons (Fsp3) is 0. The van der Waals surface area contributed by atoms with Gasteiger partial charge in [0.25, 0.3) is 0 Å². The van der Waals surface area contributed by atoms with Gasteiger partial charge in [-0.05, 0) is 22.8 Å². The second kappa shape index (κ2) is 5.45. The summed E-state index contributed by atoms with van der Waals surface area (Å²) in [4.78, 5) is 4.64. The van der Waals surface area contributed by atoms with Crippen LogP contribution in [0.5, 0.6) is 0 Å². The van der Waals surface area contributed by atoms with Crippen molar-refractivity contribution in [2.24, 2.45) is 0 Å². The lowest BCUT2D eigenvalue weighted by atomic mass is 9.92. The molecule has 0 fully saturated rings. The summed E-state index contributed by atoms with van der Waals surface area (Å²) in [7, 11) is 0. The fourth-order valence-electron chi connectivity index (χ4n) is 2.90. The molecule has 0 bridgehead atoms. The molecular formula is C21H15N. The highest BCUT2D eigenvalue weighted by molar-refractivity contribution is 6.01.